The van der Waals surface area contributed by atoms with Crippen LogP contribution in [0, 0.1) is 0 Å². The molecule has 4 aromatic heterocycles. The molecule has 0 unspecified atom stereocenters. The largest absolute Gasteiger partial charge is 0.416 e. The number of aryl methyl sites for hydroxylation is 3. The number of halogens is 12. The molecule has 4 heterocycles. The van der Waals surface area contributed by atoms with E-state index in [0.29, 0.717) is 30.2 Å². The first kappa shape index (κ1) is 46.9. The van der Waals surface area contributed by atoms with Gasteiger partial charge in [0.05, 0.1) is 36.3 Å². The molecule has 21 nitrogen and oxygen atoms in total. The Morgan fingerprint density at radius 1 is 0.638 bits per heavy atom. The monoisotopic (exact) mass is 850 g/mol. The molecule has 0 atom stereocenters. The van der Waals surface area contributed by atoms with Gasteiger partial charge in [0.2, 0.25) is 5.95 Å². The molecule has 0 bridgehead atoms. The number of nitrogens with two attached hydrogens (primary N) is 3. The number of H-pyrrole nitrogens is 1. The topological polar surface area (TPSA) is 292 Å². The van der Waals surface area contributed by atoms with Crippen molar-refractivity contribution < 1.29 is 57.5 Å². The van der Waals surface area contributed by atoms with Crippen molar-refractivity contribution in [2.45, 2.75) is 31.2 Å². The van der Waals surface area contributed by atoms with Crippen molar-refractivity contribution in [1.29, 1.82) is 0 Å². The molecule has 6 rings (SSSR count). The number of hydrogen-bond donors (Lipinski definition) is 5. The fraction of sp³-hybridized carbons (Fsp3) is 0.320. The average molecular weight is 851 g/mol. The Hall–Kier alpha value is -7.25. The molecule has 6 aromatic rings. The minimum Gasteiger partial charge on any atom is -0.367 e. The second-order valence-corrected chi connectivity index (χ2v) is 10.4. The SMILES string of the molecule is Cn1nnc(N)n1.Cn1nnc(NCc2cc(C(F)(F)F)cc(C(F)(F)F)c2)n1.Cn1nnnc1N.Nc1nn[nH]n1.O=Cc1cc(C(F)(F)F)cc(C(F)(F)F)c1. The van der Waals surface area contributed by atoms with Crippen LogP contribution in [0.5, 0.6) is 0 Å². The van der Waals surface area contributed by atoms with E-state index in [-0.39, 0.29) is 48.4 Å². The third kappa shape index (κ3) is 16.2. The van der Waals surface area contributed by atoms with E-state index in [2.05, 4.69) is 72.3 Å². The summed E-state index contributed by atoms with van der Waals surface area (Å²) in [5.74, 6) is 0.714. The van der Waals surface area contributed by atoms with Gasteiger partial charge >= 0.3 is 24.7 Å². The van der Waals surface area contributed by atoms with E-state index in [1.54, 1.807) is 14.1 Å². The number of nitrogens with zero attached hydrogens (tertiary/aromatic N) is 15. The molecular weight excluding hydrogens is 824 g/mol. The van der Waals surface area contributed by atoms with Crippen molar-refractivity contribution in [1.82, 2.24) is 81.2 Å². The first-order valence-corrected chi connectivity index (χ1v) is 14.7. The normalized spacial score (nSPS) is 11.4. The lowest BCUT2D eigenvalue weighted by molar-refractivity contribution is -0.144. The maximum absolute atomic E-state index is 12.7. The highest BCUT2D eigenvalue weighted by molar-refractivity contribution is 5.75. The highest BCUT2D eigenvalue weighted by Crippen LogP contribution is 2.37. The van der Waals surface area contributed by atoms with E-state index in [0.717, 1.165) is 4.80 Å². The van der Waals surface area contributed by atoms with E-state index in [1.165, 1.54) is 16.5 Å². The summed E-state index contributed by atoms with van der Waals surface area (Å²) in [6, 6.07) is 2.04. The lowest BCUT2D eigenvalue weighted by Gasteiger charge is -2.14. The zero-order chi connectivity index (χ0) is 44.1. The molecule has 0 aliphatic heterocycles. The fourth-order valence-electron chi connectivity index (χ4n) is 3.41. The second-order valence-electron chi connectivity index (χ2n) is 10.4. The van der Waals surface area contributed by atoms with Crippen LogP contribution in [0.2, 0.25) is 0 Å². The fourth-order valence-corrected chi connectivity index (χ4v) is 3.41. The van der Waals surface area contributed by atoms with E-state index in [9.17, 15) is 57.5 Å². The van der Waals surface area contributed by atoms with Crippen LogP contribution in [0.25, 0.3) is 0 Å². The van der Waals surface area contributed by atoms with Crippen molar-refractivity contribution in [3.8, 4) is 0 Å². The zero-order valence-electron chi connectivity index (χ0n) is 29.1. The number of nitrogen functional groups attached to an aromatic ring is 3. The van der Waals surface area contributed by atoms with Crippen LogP contribution in [-0.4, -0.2) is 87.5 Å². The number of alkyl halides is 12. The molecule has 0 saturated carbocycles. The maximum Gasteiger partial charge on any atom is 0.416 e. The summed E-state index contributed by atoms with van der Waals surface area (Å²) in [5.41, 5.74) is 8.61. The van der Waals surface area contributed by atoms with E-state index < -0.39 is 52.5 Å². The number of rotatable bonds is 4. The van der Waals surface area contributed by atoms with Crippen LogP contribution in [0.15, 0.2) is 36.4 Å². The molecule has 0 aliphatic rings. The summed E-state index contributed by atoms with van der Waals surface area (Å²) in [5, 5.41) is 45.8. The molecule has 316 valence electrons. The number of tetrazole rings is 4. The van der Waals surface area contributed by atoms with Crippen LogP contribution in [0.3, 0.4) is 0 Å². The van der Waals surface area contributed by atoms with Gasteiger partial charge in [0.25, 0.3) is 17.8 Å². The highest BCUT2D eigenvalue weighted by Gasteiger charge is 2.38. The molecule has 0 amide bonds. The van der Waals surface area contributed by atoms with Gasteiger partial charge in [-0.15, -0.1) is 15.3 Å². The Morgan fingerprint density at radius 3 is 1.38 bits per heavy atom. The molecule has 0 fully saturated rings. The number of aromatic nitrogens is 16. The zero-order valence-corrected chi connectivity index (χ0v) is 29.1. The summed E-state index contributed by atoms with van der Waals surface area (Å²) in [4.78, 5) is 12.6. The molecular formula is C25H26F12N20O. The first-order chi connectivity index (χ1) is 26.7. The smallest absolute Gasteiger partial charge is 0.367 e. The van der Waals surface area contributed by atoms with Gasteiger partial charge in [-0.1, -0.05) is 20.4 Å². The summed E-state index contributed by atoms with van der Waals surface area (Å²) >= 11 is 0. The molecule has 0 spiro atoms. The lowest BCUT2D eigenvalue weighted by Crippen LogP contribution is -2.13. The molecule has 0 radical (unpaired) electrons. The number of carbonyl (C=O) groups excluding carboxylic acids is 1. The van der Waals surface area contributed by atoms with Gasteiger partial charge in [-0.05, 0) is 68.0 Å². The first-order valence-electron chi connectivity index (χ1n) is 14.7. The number of benzene rings is 2. The summed E-state index contributed by atoms with van der Waals surface area (Å²) in [6.07, 6.45) is -19.6. The number of carbonyl (C=O) groups is 1. The predicted octanol–water partition coefficient (Wildman–Crippen LogP) is 2.76. The predicted molar refractivity (Wildman–Crippen MR) is 169 cm³/mol. The Bertz CT molecular complexity index is 2060. The summed E-state index contributed by atoms with van der Waals surface area (Å²) < 4.78 is 151. The molecule has 58 heavy (non-hydrogen) atoms. The molecule has 33 heteroatoms. The molecule has 8 N–H and O–H groups in total. The third-order valence-electron chi connectivity index (χ3n) is 5.89. The standard InChI is InChI=1S/C11H9F6N5.C9H4F6O.2C2H5N5.CH3N5/c1-22-20-9(19-21-22)18-5-6-2-7(10(12,13)14)4-8(3-6)11(15,16)17;10-8(11,12)6-1-5(4-16)2-7(3-6)9(13,14)15;1-7-2(3)4-5-6-7;1-7-5-2(3)4-6-7;2-1-3-5-6-4-1/h2-4H,5H2,1H3,(H,18,20);1-4H;1H3,(H2,3,4,6);1H3,(H2,3,5);(H3,2,3,4,5,6). The Morgan fingerprint density at radius 2 is 1.12 bits per heavy atom. The molecule has 0 aliphatic carbocycles. The van der Waals surface area contributed by atoms with Crippen LogP contribution < -0.4 is 22.5 Å². The number of aromatic amines is 1. The van der Waals surface area contributed by atoms with Gasteiger partial charge in [-0.2, -0.15) is 67.5 Å². The van der Waals surface area contributed by atoms with Gasteiger partial charge in [-0.3, -0.25) is 4.79 Å². The van der Waals surface area contributed by atoms with Gasteiger partial charge in [0.15, 0.2) is 0 Å². The third-order valence-corrected chi connectivity index (χ3v) is 5.89. The van der Waals surface area contributed by atoms with Gasteiger partial charge in [0.1, 0.15) is 6.29 Å². The van der Waals surface area contributed by atoms with Gasteiger partial charge < -0.3 is 22.5 Å². The van der Waals surface area contributed by atoms with Crippen molar-refractivity contribution in [2.24, 2.45) is 21.1 Å². The van der Waals surface area contributed by atoms with Crippen molar-refractivity contribution >= 4 is 30.1 Å². The number of nitrogens with one attached hydrogen (secondary N) is 2. The Balaban J connectivity index is 0.000000277. The van der Waals surface area contributed by atoms with Gasteiger partial charge in [-0.25, -0.2) is 4.68 Å². The number of anilines is 4. The lowest BCUT2D eigenvalue weighted by atomic mass is 10.0. The Kier molecular flexibility index (Phi) is 15.8. The van der Waals surface area contributed by atoms with Crippen LogP contribution in [-0.2, 0) is 52.4 Å². The maximum atomic E-state index is 12.7. The van der Waals surface area contributed by atoms with E-state index in [4.69, 9.17) is 17.2 Å². The van der Waals surface area contributed by atoms with E-state index >= 15 is 0 Å². The highest BCUT2D eigenvalue weighted by atomic mass is 19.4. The summed E-state index contributed by atoms with van der Waals surface area (Å²) in [6.45, 7) is -0.307. The van der Waals surface area contributed by atoms with Crippen molar-refractivity contribution in [3.63, 3.8) is 0 Å². The minimum absolute atomic E-state index is 0.00605. The van der Waals surface area contributed by atoms with Gasteiger partial charge in [0, 0.05) is 19.2 Å². The number of hydrogen-bond acceptors (Lipinski definition) is 17. The van der Waals surface area contributed by atoms with Crippen LogP contribution >= 0.6 is 0 Å². The second kappa shape index (κ2) is 19.6. The summed E-state index contributed by atoms with van der Waals surface area (Å²) in [7, 11) is 4.79. The van der Waals surface area contributed by atoms with E-state index in [1.807, 2.05) is 0 Å². The number of aldehydes is 1. The van der Waals surface area contributed by atoms with Crippen LogP contribution in [0.1, 0.15) is 38.2 Å². The molecule has 2 aromatic carbocycles. The molecule has 0 saturated heterocycles. The van der Waals surface area contributed by atoms with Crippen LogP contribution in [0.4, 0.5) is 76.5 Å². The minimum atomic E-state index is -4.92. The average Bonchev–Trinajstić information content (AvgIpc) is 3.94. The van der Waals surface area contributed by atoms with Crippen molar-refractivity contribution in [2.75, 3.05) is 22.5 Å². The van der Waals surface area contributed by atoms with Crippen molar-refractivity contribution in [3.05, 3.63) is 69.8 Å². The Labute approximate surface area is 313 Å². The quantitative estimate of drug-likeness (QED) is 0.126.